The number of halogens is 1. The van der Waals surface area contributed by atoms with Crippen LogP contribution < -0.4 is 21.0 Å². The van der Waals surface area contributed by atoms with Crippen LogP contribution in [0.15, 0.2) is 47.6 Å². The van der Waals surface area contributed by atoms with E-state index in [2.05, 4.69) is 55.6 Å². The predicted molar refractivity (Wildman–Crippen MR) is 134 cm³/mol. The molecule has 2 saturated heterocycles. The molecule has 6 nitrogen and oxygen atoms in total. The molecule has 0 amide bonds. The van der Waals surface area contributed by atoms with Crippen molar-refractivity contribution in [3.63, 3.8) is 0 Å². The van der Waals surface area contributed by atoms with Crippen molar-refractivity contribution >= 4 is 46.5 Å². The second-order valence-electron chi connectivity index (χ2n) is 8.03. The van der Waals surface area contributed by atoms with Gasteiger partial charge in [-0.1, -0.05) is 29.8 Å². The molecule has 2 aliphatic heterocycles. The van der Waals surface area contributed by atoms with Crippen LogP contribution in [0, 0.1) is 0 Å². The number of nitrogens with two attached hydrogens (primary N) is 1. The Labute approximate surface area is 194 Å². The van der Waals surface area contributed by atoms with Crippen LogP contribution in [-0.2, 0) is 6.54 Å². The highest BCUT2D eigenvalue weighted by Gasteiger charge is 2.21. The third kappa shape index (κ3) is 5.67. The molecule has 0 aromatic heterocycles. The topological polar surface area (TPSA) is 60.1 Å². The summed E-state index contributed by atoms with van der Waals surface area (Å²) in [6.07, 6.45) is 4.26. The van der Waals surface area contributed by atoms with Crippen LogP contribution in [0.1, 0.15) is 24.0 Å². The second-order valence-corrected chi connectivity index (χ2v) is 8.87. The number of hydrogen-bond donors (Lipinski definition) is 2. The van der Waals surface area contributed by atoms with Crippen LogP contribution in [0.4, 0.5) is 11.4 Å². The number of piperazine rings is 1. The zero-order chi connectivity index (χ0) is 21.6. The first-order valence-corrected chi connectivity index (χ1v) is 11.6. The lowest BCUT2D eigenvalue weighted by atomic mass is 10.1. The van der Waals surface area contributed by atoms with Gasteiger partial charge >= 0.3 is 0 Å². The van der Waals surface area contributed by atoms with Gasteiger partial charge in [0, 0.05) is 67.8 Å². The Morgan fingerprint density at radius 2 is 1.77 bits per heavy atom. The molecule has 0 aliphatic carbocycles. The Kier molecular flexibility index (Phi) is 7.27. The van der Waals surface area contributed by atoms with Crippen LogP contribution in [0.2, 0.25) is 5.02 Å². The average Bonchev–Trinajstić information content (AvgIpc) is 3.31. The highest BCUT2D eigenvalue weighted by molar-refractivity contribution is 7.80. The van der Waals surface area contributed by atoms with E-state index in [4.69, 9.17) is 29.6 Å². The van der Waals surface area contributed by atoms with Gasteiger partial charge < -0.3 is 15.5 Å². The summed E-state index contributed by atoms with van der Waals surface area (Å²) < 4.78 is 0. The summed E-state index contributed by atoms with van der Waals surface area (Å²) in [5.74, 6) is 0. The zero-order valence-corrected chi connectivity index (χ0v) is 19.2. The number of nitrogens with one attached hydrogen (secondary N) is 1. The summed E-state index contributed by atoms with van der Waals surface area (Å²) in [6, 6.07) is 14.7. The maximum absolute atomic E-state index is 6.35. The monoisotopic (exact) mass is 456 g/mol. The van der Waals surface area contributed by atoms with Gasteiger partial charge in [-0.2, -0.15) is 5.10 Å². The van der Waals surface area contributed by atoms with E-state index in [1.165, 1.54) is 29.8 Å². The molecule has 2 aromatic rings. The van der Waals surface area contributed by atoms with Crippen molar-refractivity contribution in [3.8, 4) is 0 Å². The van der Waals surface area contributed by atoms with Crippen molar-refractivity contribution in [1.29, 1.82) is 0 Å². The molecule has 31 heavy (non-hydrogen) atoms. The number of hydrazone groups is 1. The predicted octanol–water partition coefficient (Wildman–Crippen LogP) is 3.43. The third-order valence-electron chi connectivity index (χ3n) is 5.93. The first-order valence-electron chi connectivity index (χ1n) is 10.8. The molecule has 8 heteroatoms. The number of nitrogens with zero attached hydrogens (tertiary/aromatic N) is 4. The van der Waals surface area contributed by atoms with Crippen molar-refractivity contribution in [2.45, 2.75) is 19.4 Å². The van der Waals surface area contributed by atoms with E-state index >= 15 is 0 Å². The van der Waals surface area contributed by atoms with Crippen LogP contribution in [0.3, 0.4) is 0 Å². The van der Waals surface area contributed by atoms with Gasteiger partial charge in [0.2, 0.25) is 0 Å². The van der Waals surface area contributed by atoms with E-state index in [0.29, 0.717) is 0 Å². The zero-order valence-electron chi connectivity index (χ0n) is 17.6. The van der Waals surface area contributed by atoms with E-state index in [0.717, 1.165) is 56.4 Å². The number of hydrogen-bond acceptors (Lipinski definition) is 5. The van der Waals surface area contributed by atoms with Crippen LogP contribution in [0.5, 0.6) is 0 Å². The molecule has 0 atom stereocenters. The maximum atomic E-state index is 6.35. The molecule has 0 spiro atoms. The minimum Gasteiger partial charge on any atom is -0.375 e. The second kappa shape index (κ2) is 10.3. The molecule has 2 heterocycles. The molecule has 3 N–H and O–H groups in total. The van der Waals surface area contributed by atoms with Gasteiger partial charge in [0.05, 0.1) is 6.21 Å². The summed E-state index contributed by atoms with van der Waals surface area (Å²) >= 11 is 11.2. The first kappa shape index (κ1) is 21.9. The van der Waals surface area contributed by atoms with Crippen molar-refractivity contribution < 1.29 is 0 Å². The third-order valence-corrected chi connectivity index (χ3v) is 6.39. The van der Waals surface area contributed by atoms with Gasteiger partial charge in [-0.3, -0.25) is 10.3 Å². The van der Waals surface area contributed by atoms with E-state index in [-0.39, 0.29) is 5.11 Å². The lowest BCUT2D eigenvalue weighted by Crippen LogP contribution is -2.46. The van der Waals surface area contributed by atoms with Crippen LogP contribution >= 0.6 is 23.8 Å². The van der Waals surface area contributed by atoms with Crippen LogP contribution in [-0.4, -0.2) is 55.5 Å². The Balaban J connectivity index is 1.44. The van der Waals surface area contributed by atoms with Gasteiger partial charge in [-0.15, -0.1) is 0 Å². The average molecular weight is 457 g/mol. The number of thiocarbonyl (C=S) groups is 1. The Morgan fingerprint density at radius 3 is 2.48 bits per heavy atom. The van der Waals surface area contributed by atoms with Gasteiger partial charge in [0.1, 0.15) is 0 Å². The lowest BCUT2D eigenvalue weighted by Gasteiger charge is -2.36. The molecule has 2 fully saturated rings. The van der Waals surface area contributed by atoms with Crippen molar-refractivity contribution in [1.82, 2.24) is 10.3 Å². The number of anilines is 2. The lowest BCUT2D eigenvalue weighted by molar-refractivity contribution is 0.250. The maximum Gasteiger partial charge on any atom is 0.184 e. The molecule has 2 aromatic carbocycles. The molecule has 164 valence electrons. The normalized spacial score (nSPS) is 17.5. The number of rotatable bonds is 6. The summed E-state index contributed by atoms with van der Waals surface area (Å²) in [5, 5.41) is 5.19. The van der Waals surface area contributed by atoms with Gasteiger partial charge in [-0.25, -0.2) is 0 Å². The van der Waals surface area contributed by atoms with Crippen LogP contribution in [0.25, 0.3) is 0 Å². The standard InChI is InChI=1S/C23H29ClN6S/c24-21-6-2-1-5-19(21)17-28-11-13-29(14-12-28)20-8-7-18(16-26-27-23(25)31)22(15-20)30-9-3-4-10-30/h1-2,5-8,15-16H,3-4,9-14,17H2,(H3,25,27,31). The molecule has 0 unspecified atom stereocenters. The molecule has 0 radical (unpaired) electrons. The first-order chi connectivity index (χ1) is 15.1. The largest absolute Gasteiger partial charge is 0.375 e. The molecule has 4 rings (SSSR count). The summed E-state index contributed by atoms with van der Waals surface area (Å²) in [4.78, 5) is 7.39. The summed E-state index contributed by atoms with van der Waals surface area (Å²) in [7, 11) is 0. The number of benzene rings is 2. The minimum atomic E-state index is 0.172. The van der Waals surface area contributed by atoms with Gasteiger partial charge in [0.25, 0.3) is 0 Å². The summed E-state index contributed by atoms with van der Waals surface area (Å²) in [6.45, 7) is 7.10. The van der Waals surface area contributed by atoms with Crippen molar-refractivity contribution in [2.75, 3.05) is 49.1 Å². The molecular weight excluding hydrogens is 428 g/mol. The van der Waals surface area contributed by atoms with Gasteiger partial charge in [0.15, 0.2) is 5.11 Å². The fraction of sp³-hybridized carbons (Fsp3) is 0.391. The SMILES string of the molecule is NC(=S)NN=Cc1ccc(N2CCN(Cc3ccccc3Cl)CC2)cc1N1CCCC1. The smallest absolute Gasteiger partial charge is 0.184 e. The quantitative estimate of drug-likeness (QED) is 0.394. The Morgan fingerprint density at radius 1 is 1.03 bits per heavy atom. The van der Waals surface area contributed by atoms with Crippen molar-refractivity contribution in [2.24, 2.45) is 10.8 Å². The fourth-order valence-corrected chi connectivity index (χ4v) is 4.52. The molecule has 0 saturated carbocycles. The minimum absolute atomic E-state index is 0.172. The molecule has 2 aliphatic rings. The molecule has 0 bridgehead atoms. The van der Waals surface area contributed by atoms with E-state index in [9.17, 15) is 0 Å². The van der Waals surface area contributed by atoms with Gasteiger partial charge in [-0.05, 0) is 54.9 Å². The van der Waals surface area contributed by atoms with Crippen molar-refractivity contribution in [3.05, 3.63) is 58.6 Å². The van der Waals surface area contributed by atoms with E-state index < -0.39 is 0 Å². The summed E-state index contributed by atoms with van der Waals surface area (Å²) in [5.41, 5.74) is 12.9. The molecular formula is C23H29ClN6S. The highest BCUT2D eigenvalue weighted by Crippen LogP contribution is 2.29. The fourth-order valence-electron chi connectivity index (χ4n) is 4.27. The van der Waals surface area contributed by atoms with E-state index in [1.54, 1.807) is 6.21 Å². The highest BCUT2D eigenvalue weighted by atomic mass is 35.5. The Hall–Kier alpha value is -2.35. The van der Waals surface area contributed by atoms with E-state index in [1.807, 2.05) is 12.1 Å². The Bertz CT molecular complexity index is 935.